The molecular formula is C44H67N5O4Si2. The summed E-state index contributed by atoms with van der Waals surface area (Å²) in [4.78, 5) is 3.44. The first kappa shape index (κ1) is 43.3. The molecule has 0 aliphatic carbocycles. The van der Waals surface area contributed by atoms with Crippen LogP contribution in [0.3, 0.4) is 0 Å². The van der Waals surface area contributed by atoms with Crippen molar-refractivity contribution in [1.82, 2.24) is 10.6 Å². The van der Waals surface area contributed by atoms with Gasteiger partial charge in [0.1, 0.15) is 5.60 Å². The van der Waals surface area contributed by atoms with E-state index in [1.54, 1.807) is 0 Å². The average molecular weight is 786 g/mol. The lowest BCUT2D eigenvalue weighted by Crippen LogP contribution is -2.68. The molecule has 6 atom stereocenters. The highest BCUT2D eigenvalue weighted by molar-refractivity contribution is 6.77. The summed E-state index contributed by atoms with van der Waals surface area (Å²) in [7, 11) is -4.51. The van der Waals surface area contributed by atoms with Crippen molar-refractivity contribution in [1.29, 1.82) is 0 Å². The fourth-order valence-corrected chi connectivity index (χ4v) is 18.0. The summed E-state index contributed by atoms with van der Waals surface area (Å²) in [5, 5.41) is 12.6. The van der Waals surface area contributed by atoms with E-state index in [-0.39, 0.29) is 24.4 Å². The monoisotopic (exact) mass is 785 g/mol. The van der Waals surface area contributed by atoms with Crippen LogP contribution in [-0.2, 0) is 24.9 Å². The number of ether oxygens (including phenoxy) is 2. The van der Waals surface area contributed by atoms with Crippen LogP contribution in [0.4, 0.5) is 0 Å². The molecule has 0 bridgehead atoms. The minimum Gasteiger partial charge on any atom is -0.413 e. The van der Waals surface area contributed by atoms with Gasteiger partial charge in [-0.15, -0.1) is 0 Å². The van der Waals surface area contributed by atoms with Crippen molar-refractivity contribution in [3.05, 3.63) is 118 Å². The van der Waals surface area contributed by atoms with Gasteiger partial charge in [0, 0.05) is 11.3 Å². The van der Waals surface area contributed by atoms with E-state index in [0.717, 1.165) is 23.7 Å². The Bertz CT molecular complexity index is 1560. The Hall–Kier alpha value is -2.84. The molecule has 0 radical (unpaired) electrons. The van der Waals surface area contributed by atoms with Crippen LogP contribution in [0.25, 0.3) is 10.4 Å². The smallest absolute Gasteiger partial charge is 0.200 e. The number of benzene rings is 3. The van der Waals surface area contributed by atoms with Crippen molar-refractivity contribution in [2.24, 2.45) is 5.11 Å². The summed E-state index contributed by atoms with van der Waals surface area (Å²) in [6.45, 7) is 21.6. The van der Waals surface area contributed by atoms with E-state index in [2.05, 4.69) is 156 Å². The topological polar surface area (TPSA) is 110 Å². The lowest BCUT2D eigenvalue weighted by molar-refractivity contribution is -0.215. The molecule has 2 aliphatic heterocycles. The first-order chi connectivity index (χ1) is 26.5. The zero-order valence-electron chi connectivity index (χ0n) is 34.8. The second-order valence-electron chi connectivity index (χ2n) is 16.7. The minimum atomic E-state index is -2.32. The lowest BCUT2D eigenvalue weighted by Gasteiger charge is -2.52. The number of hydrogen-bond acceptors (Lipinski definition) is 7. The molecule has 3 aromatic rings. The molecule has 0 saturated carbocycles. The van der Waals surface area contributed by atoms with Gasteiger partial charge in [0.25, 0.3) is 0 Å². The summed E-state index contributed by atoms with van der Waals surface area (Å²) in [6, 6.07) is 33.9. The zero-order valence-corrected chi connectivity index (χ0v) is 36.8. The highest BCUT2D eigenvalue weighted by Crippen LogP contribution is 2.46. The molecule has 0 unspecified atom stereocenters. The van der Waals surface area contributed by atoms with Crippen LogP contribution in [0.5, 0.6) is 0 Å². The van der Waals surface area contributed by atoms with Gasteiger partial charge in [-0.3, -0.25) is 10.6 Å². The molecule has 5 rings (SSSR count). The third-order valence-corrected chi connectivity index (χ3v) is 23.5. The molecule has 2 N–H and O–H groups in total. The van der Waals surface area contributed by atoms with Crippen LogP contribution in [-0.4, -0.2) is 59.9 Å². The van der Waals surface area contributed by atoms with E-state index in [9.17, 15) is 5.53 Å². The zero-order chi connectivity index (χ0) is 39.6. The molecule has 2 saturated heterocycles. The maximum absolute atomic E-state index is 10.1. The van der Waals surface area contributed by atoms with Crippen molar-refractivity contribution >= 4 is 16.6 Å². The van der Waals surface area contributed by atoms with Crippen molar-refractivity contribution < 1.29 is 18.3 Å². The van der Waals surface area contributed by atoms with Gasteiger partial charge in [-0.05, 0) is 57.0 Å². The molecule has 11 heteroatoms. The summed E-state index contributed by atoms with van der Waals surface area (Å²) >= 11 is 0. The molecule has 2 heterocycles. The van der Waals surface area contributed by atoms with Gasteiger partial charge in [-0.25, -0.2) is 0 Å². The normalized spacial score (nSPS) is 25.1. The van der Waals surface area contributed by atoms with Gasteiger partial charge in [-0.2, -0.15) is 0 Å². The molecule has 55 heavy (non-hydrogen) atoms. The van der Waals surface area contributed by atoms with Crippen molar-refractivity contribution in [2.75, 3.05) is 13.2 Å². The number of hydrogen-bond donors (Lipinski definition) is 2. The summed E-state index contributed by atoms with van der Waals surface area (Å²) in [5.41, 5.74) is 13.9. The first-order valence-corrected chi connectivity index (χ1v) is 25.4. The average Bonchev–Trinajstić information content (AvgIpc) is 3.66. The maximum Gasteiger partial charge on any atom is 0.200 e. The van der Waals surface area contributed by atoms with Crippen molar-refractivity contribution in [2.45, 2.75) is 152 Å². The Morgan fingerprint density at radius 2 is 1.27 bits per heavy atom. The third kappa shape index (κ3) is 9.66. The second-order valence-corrected chi connectivity index (χ2v) is 26.9. The number of nitrogens with zero attached hydrogens (tertiary/aromatic N) is 3. The fraction of sp³-hybridized carbons (Fsp3) is 0.591. The predicted molar refractivity (Wildman–Crippen MR) is 229 cm³/mol. The summed E-state index contributed by atoms with van der Waals surface area (Å²) in [6.07, 6.45) is -0.772. The molecule has 0 aromatic heterocycles. The van der Waals surface area contributed by atoms with Crippen LogP contribution in [0.15, 0.2) is 96.1 Å². The molecule has 0 amide bonds. The van der Waals surface area contributed by atoms with E-state index in [4.69, 9.17) is 18.3 Å². The molecule has 3 aromatic carbocycles. The lowest BCUT2D eigenvalue weighted by atomic mass is 9.84. The fourth-order valence-electron chi connectivity index (χ4n) is 9.70. The molecule has 0 spiro atoms. The Morgan fingerprint density at radius 3 is 1.73 bits per heavy atom. The van der Waals surface area contributed by atoms with E-state index < -0.39 is 34.4 Å². The highest BCUT2D eigenvalue weighted by atomic mass is 28.4. The first-order valence-electron chi connectivity index (χ1n) is 20.8. The predicted octanol–water partition coefficient (Wildman–Crippen LogP) is 11.0. The summed E-state index contributed by atoms with van der Waals surface area (Å²) < 4.78 is 29.0. The van der Waals surface area contributed by atoms with E-state index in [0.29, 0.717) is 42.9 Å². The standard InChI is InChI=1S/C44H67N5O4Si2/c1-10-54(11-2,12-3)53-38-28-44(31-50-29-35-22-16-13-17-23-35,52-39(42(38)48-49-45)30-51-55(32(4)5,33(6)7)34(8)9)43-46-40(36-24-18-14-19-25-36)41(47-43)37-26-20-15-21-27-37/h13-27,32-34,38-43,46-47H,10-12,28-31H2,1-9H3/t38-,39+,40+,41+,42-,44-/m0/s1. The number of nitrogens with one attached hydrogen (secondary N) is 2. The minimum absolute atomic E-state index is 0.0367. The van der Waals surface area contributed by atoms with Crippen LogP contribution in [0.2, 0.25) is 34.8 Å². The van der Waals surface area contributed by atoms with Crippen molar-refractivity contribution in [3.63, 3.8) is 0 Å². The van der Waals surface area contributed by atoms with Gasteiger partial charge >= 0.3 is 0 Å². The third-order valence-electron chi connectivity index (χ3n) is 12.7. The van der Waals surface area contributed by atoms with Gasteiger partial charge < -0.3 is 18.3 Å². The second kappa shape index (κ2) is 19.5. The van der Waals surface area contributed by atoms with Gasteiger partial charge in [0.2, 0.25) is 0 Å². The van der Waals surface area contributed by atoms with Gasteiger partial charge in [0.15, 0.2) is 16.6 Å². The van der Waals surface area contributed by atoms with Crippen LogP contribution in [0.1, 0.15) is 97.5 Å². The Morgan fingerprint density at radius 1 is 0.782 bits per heavy atom. The number of azide groups is 1. The Balaban J connectivity index is 1.63. The van der Waals surface area contributed by atoms with Crippen LogP contribution >= 0.6 is 0 Å². The van der Waals surface area contributed by atoms with E-state index >= 15 is 0 Å². The Kier molecular flexibility index (Phi) is 15.4. The van der Waals surface area contributed by atoms with Crippen molar-refractivity contribution in [3.8, 4) is 0 Å². The molecule has 300 valence electrons. The van der Waals surface area contributed by atoms with E-state index in [1.165, 1.54) is 11.1 Å². The molecule has 9 nitrogen and oxygen atoms in total. The van der Waals surface area contributed by atoms with Crippen LogP contribution in [0, 0.1) is 0 Å². The Labute approximate surface area is 333 Å². The van der Waals surface area contributed by atoms with Gasteiger partial charge in [-0.1, -0.05) is 158 Å². The van der Waals surface area contributed by atoms with Crippen LogP contribution < -0.4 is 10.6 Å². The molecule has 2 aliphatic rings. The molecular weight excluding hydrogens is 719 g/mol. The highest BCUT2D eigenvalue weighted by Gasteiger charge is 2.57. The van der Waals surface area contributed by atoms with E-state index in [1.807, 2.05) is 18.2 Å². The SMILES string of the molecule is CC[Si](CC)(CC)O[C@H]1C[C@](COCc2ccccc2)(C2N[C@H](c3ccccc3)[C@@H](c3ccccc3)N2)O[C@H](CO[Si](C(C)C)(C(C)C)C(C)C)[C@H]1N=[N+]=[N-]. The molecule has 2 fully saturated rings. The maximum atomic E-state index is 10.1. The van der Waals surface area contributed by atoms with Gasteiger partial charge in [0.05, 0.1) is 56.3 Å². The number of rotatable bonds is 19. The largest absolute Gasteiger partial charge is 0.413 e. The quantitative estimate of drug-likeness (QED) is 0.0542. The summed E-state index contributed by atoms with van der Waals surface area (Å²) in [5.74, 6) is 0.